The quantitative estimate of drug-likeness (QED) is 0.590. The summed E-state index contributed by atoms with van der Waals surface area (Å²) in [5.74, 6) is 1.76. The summed E-state index contributed by atoms with van der Waals surface area (Å²) < 4.78 is 32.5. The average Bonchev–Trinajstić information content (AvgIpc) is 2.58. The van der Waals surface area contributed by atoms with Crippen LogP contribution in [0.2, 0.25) is 0 Å². The molecule has 0 aromatic rings. The maximum absolute atomic E-state index is 11.8. The van der Waals surface area contributed by atoms with E-state index in [0.29, 0.717) is 43.4 Å². The van der Waals surface area contributed by atoms with Gasteiger partial charge in [-0.2, -0.15) is 0 Å². The summed E-state index contributed by atoms with van der Waals surface area (Å²) in [4.78, 5) is 0. The first-order valence-corrected chi connectivity index (χ1v) is 11.8. The molecule has 7 heteroatoms. The van der Waals surface area contributed by atoms with Crippen molar-refractivity contribution in [2.24, 2.45) is 23.7 Å². The van der Waals surface area contributed by atoms with E-state index in [1.807, 2.05) is 6.08 Å². The number of fused-ring (bicyclic) bond motifs is 2. The molecular weight excluding hydrogens is 352 g/mol. The van der Waals surface area contributed by atoms with Crippen LogP contribution in [0.15, 0.2) is 11.8 Å². The van der Waals surface area contributed by atoms with Crippen molar-refractivity contribution in [2.75, 3.05) is 19.4 Å². The minimum atomic E-state index is -3.26. The van der Waals surface area contributed by atoms with E-state index in [0.717, 1.165) is 5.70 Å². The Hall–Kier alpha value is -0.630. The van der Waals surface area contributed by atoms with Gasteiger partial charge in [0.15, 0.2) is 0 Å². The zero-order chi connectivity index (χ0) is 18.9. The van der Waals surface area contributed by atoms with Crippen LogP contribution >= 0.6 is 0 Å². The summed E-state index contributed by atoms with van der Waals surface area (Å²) in [5, 5.41) is 13.4. The third-order valence-corrected chi connectivity index (χ3v) is 6.82. The molecule has 0 aliphatic heterocycles. The molecule has 0 spiro atoms. The lowest BCUT2D eigenvalue weighted by Crippen LogP contribution is -2.51. The fraction of sp³-hybridized carbons (Fsp3) is 0.895. The van der Waals surface area contributed by atoms with Gasteiger partial charge in [-0.3, -0.25) is 4.72 Å². The first-order chi connectivity index (χ1) is 12.2. The highest BCUT2D eigenvalue weighted by Gasteiger charge is 2.50. The van der Waals surface area contributed by atoms with Crippen molar-refractivity contribution in [3.8, 4) is 0 Å². The van der Waals surface area contributed by atoms with Crippen molar-refractivity contribution in [1.82, 2.24) is 10.0 Å². The summed E-state index contributed by atoms with van der Waals surface area (Å²) >= 11 is 0. The lowest BCUT2D eigenvalue weighted by Gasteiger charge is -2.53. The number of allylic oxidation sites excluding steroid dienone is 1. The smallest absolute Gasteiger partial charge is 0.229 e. The highest BCUT2D eigenvalue weighted by molar-refractivity contribution is 7.88. The largest absolute Gasteiger partial charge is 0.389 e. The molecule has 2 bridgehead atoms. The molecule has 150 valence electrons. The molecule has 0 heterocycles. The third-order valence-electron chi connectivity index (χ3n) is 6.21. The van der Waals surface area contributed by atoms with Gasteiger partial charge in [0.25, 0.3) is 0 Å². The van der Waals surface area contributed by atoms with Crippen molar-refractivity contribution in [1.29, 1.82) is 0 Å². The standard InChI is InChI=1S/C19H34N2O4S/c1-12(2)20-10-15(22)11-25-17-9-8-16(21-26(3,23)24)18-13-4-6-14(7-5-13)19(17)18/h8,12-15,17-22H,4-7,9-11H2,1-3H3. The maximum atomic E-state index is 11.8. The van der Waals surface area contributed by atoms with Crippen LogP contribution in [0.25, 0.3) is 0 Å². The van der Waals surface area contributed by atoms with E-state index in [1.165, 1.54) is 31.9 Å². The van der Waals surface area contributed by atoms with Crippen LogP contribution in [-0.2, 0) is 14.8 Å². The Balaban J connectivity index is 1.68. The van der Waals surface area contributed by atoms with Gasteiger partial charge in [0.2, 0.25) is 10.0 Å². The molecule has 3 saturated carbocycles. The van der Waals surface area contributed by atoms with Gasteiger partial charge in [-0.05, 0) is 49.9 Å². The molecular formula is C19H34N2O4S. The molecule has 3 fully saturated rings. The molecule has 26 heavy (non-hydrogen) atoms. The Labute approximate surface area is 157 Å². The van der Waals surface area contributed by atoms with Gasteiger partial charge in [0, 0.05) is 24.2 Å². The lowest BCUT2D eigenvalue weighted by atomic mass is 9.54. The zero-order valence-corrected chi connectivity index (χ0v) is 17.0. The SMILES string of the molecule is CC(C)NCC(O)COC1CC=C(NS(C)(=O)=O)C2C3CCC(CC3)C12. The summed E-state index contributed by atoms with van der Waals surface area (Å²) in [6.45, 7) is 4.97. The van der Waals surface area contributed by atoms with Crippen LogP contribution in [0.4, 0.5) is 0 Å². The van der Waals surface area contributed by atoms with Gasteiger partial charge >= 0.3 is 0 Å². The van der Waals surface area contributed by atoms with Gasteiger partial charge < -0.3 is 15.2 Å². The molecule has 6 nitrogen and oxygen atoms in total. The Kier molecular flexibility index (Phi) is 6.32. The topological polar surface area (TPSA) is 87.7 Å². The lowest BCUT2D eigenvalue weighted by molar-refractivity contribution is -0.0985. The molecule has 4 atom stereocenters. The molecule has 3 N–H and O–H groups in total. The summed E-state index contributed by atoms with van der Waals surface area (Å²) in [7, 11) is -3.26. The number of aliphatic hydroxyl groups is 1. The Bertz CT molecular complexity index is 611. The van der Waals surface area contributed by atoms with Crippen molar-refractivity contribution in [3.05, 3.63) is 11.8 Å². The predicted octanol–water partition coefficient (Wildman–Crippen LogP) is 1.62. The molecule has 4 aliphatic carbocycles. The maximum Gasteiger partial charge on any atom is 0.229 e. The summed E-state index contributed by atoms with van der Waals surface area (Å²) in [6, 6.07) is 0.338. The molecule has 0 aromatic heterocycles. The van der Waals surface area contributed by atoms with Crippen molar-refractivity contribution in [2.45, 2.75) is 64.2 Å². The number of sulfonamides is 1. The number of hydrogen-bond acceptors (Lipinski definition) is 5. The highest BCUT2D eigenvalue weighted by atomic mass is 32.2. The summed E-state index contributed by atoms with van der Waals surface area (Å²) in [5.41, 5.74) is 0.883. The van der Waals surface area contributed by atoms with Crippen LogP contribution in [0.5, 0.6) is 0 Å². The van der Waals surface area contributed by atoms with E-state index in [9.17, 15) is 13.5 Å². The van der Waals surface area contributed by atoms with Gasteiger partial charge in [-0.1, -0.05) is 19.9 Å². The van der Waals surface area contributed by atoms with Crippen LogP contribution in [0, 0.1) is 23.7 Å². The zero-order valence-electron chi connectivity index (χ0n) is 16.1. The molecule has 0 amide bonds. The van der Waals surface area contributed by atoms with E-state index in [-0.39, 0.29) is 12.0 Å². The van der Waals surface area contributed by atoms with Crippen LogP contribution in [0.3, 0.4) is 0 Å². The van der Waals surface area contributed by atoms with Crippen LogP contribution < -0.4 is 10.0 Å². The first-order valence-electron chi connectivity index (χ1n) is 9.95. The average molecular weight is 387 g/mol. The minimum Gasteiger partial charge on any atom is -0.389 e. The van der Waals surface area contributed by atoms with E-state index >= 15 is 0 Å². The van der Waals surface area contributed by atoms with Crippen molar-refractivity contribution < 1.29 is 18.3 Å². The number of ether oxygens (including phenoxy) is 1. The van der Waals surface area contributed by atoms with Gasteiger partial charge in [0.1, 0.15) is 0 Å². The monoisotopic (exact) mass is 386 g/mol. The minimum absolute atomic E-state index is 0.0758. The Morgan fingerprint density at radius 2 is 1.88 bits per heavy atom. The summed E-state index contributed by atoms with van der Waals surface area (Å²) in [6.07, 6.45) is 8.32. The molecule has 0 saturated heterocycles. The van der Waals surface area contributed by atoms with E-state index in [4.69, 9.17) is 4.74 Å². The Morgan fingerprint density at radius 1 is 1.23 bits per heavy atom. The number of aliphatic hydroxyl groups excluding tert-OH is 1. The van der Waals surface area contributed by atoms with Gasteiger partial charge in [0.05, 0.1) is 25.1 Å². The first kappa shape index (κ1) is 20.1. The van der Waals surface area contributed by atoms with Crippen LogP contribution in [0.1, 0.15) is 46.0 Å². The number of rotatable bonds is 8. The molecule has 4 rings (SSSR count). The number of nitrogens with one attached hydrogen (secondary N) is 2. The van der Waals surface area contributed by atoms with Gasteiger partial charge in [-0.15, -0.1) is 0 Å². The molecule has 4 unspecified atom stereocenters. The number of hydrogen-bond donors (Lipinski definition) is 3. The molecule has 0 aromatic carbocycles. The van der Waals surface area contributed by atoms with E-state index in [1.54, 1.807) is 0 Å². The van der Waals surface area contributed by atoms with Crippen molar-refractivity contribution in [3.63, 3.8) is 0 Å². The van der Waals surface area contributed by atoms with Gasteiger partial charge in [-0.25, -0.2) is 8.42 Å². The third kappa shape index (κ3) is 4.80. The fourth-order valence-corrected chi connectivity index (χ4v) is 5.84. The van der Waals surface area contributed by atoms with E-state index < -0.39 is 16.1 Å². The second-order valence-corrected chi connectivity index (χ2v) is 10.4. The Morgan fingerprint density at radius 3 is 2.50 bits per heavy atom. The van der Waals surface area contributed by atoms with E-state index in [2.05, 4.69) is 23.9 Å². The molecule has 4 aliphatic rings. The fourth-order valence-electron chi connectivity index (χ4n) is 5.20. The van der Waals surface area contributed by atoms with Crippen molar-refractivity contribution >= 4 is 10.0 Å². The predicted molar refractivity (Wildman–Crippen MR) is 102 cm³/mol. The second kappa shape index (κ2) is 8.17. The second-order valence-electron chi connectivity index (χ2n) is 8.64. The highest BCUT2D eigenvalue weighted by Crippen LogP contribution is 2.54. The normalized spacial score (nSPS) is 35.1. The van der Waals surface area contributed by atoms with Crippen LogP contribution in [-0.4, -0.2) is 51.2 Å². The molecule has 0 radical (unpaired) electrons.